The molecule has 3 N–H and O–H groups in total. The highest BCUT2D eigenvalue weighted by Gasteiger charge is 2.27. The second-order valence-corrected chi connectivity index (χ2v) is 7.68. The van der Waals surface area contributed by atoms with Crippen LogP contribution in [0.1, 0.15) is 13.8 Å². The number of hydrogen-bond donors (Lipinski definition) is 2. The van der Waals surface area contributed by atoms with Crippen LogP contribution in [0.15, 0.2) is 24.3 Å². The van der Waals surface area contributed by atoms with E-state index in [0.717, 1.165) is 18.8 Å². The molecule has 20 heavy (non-hydrogen) atoms. The van der Waals surface area contributed by atoms with E-state index in [0.29, 0.717) is 24.6 Å². The normalized spacial score (nSPS) is 20.6. The fraction of sp³-hybridized carbons (Fsp3) is 0.600. The highest BCUT2D eigenvalue weighted by atomic mass is 32.2. The fourth-order valence-electron chi connectivity index (χ4n) is 2.42. The van der Waals surface area contributed by atoms with Crippen molar-refractivity contribution in [2.75, 3.05) is 37.7 Å². The molecule has 1 aromatic carbocycles. The van der Waals surface area contributed by atoms with Crippen LogP contribution < -0.4 is 10.5 Å². The largest absolute Gasteiger partial charge is 0.491 e. The molecule has 1 fully saturated rings. The van der Waals surface area contributed by atoms with Crippen LogP contribution in [0.2, 0.25) is 0 Å². The second kappa shape index (κ2) is 6.70. The third-order valence-corrected chi connectivity index (χ3v) is 4.57. The number of nitrogen functional groups attached to an aromatic ring is 1. The molecule has 5 heteroatoms. The number of rotatable bonds is 5. The fourth-order valence-corrected chi connectivity index (χ4v) is 3.59. The molecule has 0 saturated carbocycles. The van der Waals surface area contributed by atoms with E-state index in [4.69, 9.17) is 10.5 Å². The molecule has 1 aliphatic rings. The Bertz CT molecular complexity index is 440. The minimum Gasteiger partial charge on any atom is -0.491 e. The van der Waals surface area contributed by atoms with Gasteiger partial charge in [0.1, 0.15) is 18.5 Å². The first-order valence-corrected chi connectivity index (χ1v) is 7.96. The molecule has 1 unspecified atom stereocenters. The van der Waals surface area contributed by atoms with Crippen molar-refractivity contribution in [3.05, 3.63) is 24.3 Å². The number of benzene rings is 1. The Morgan fingerprint density at radius 2 is 2.30 bits per heavy atom. The molecule has 0 bridgehead atoms. The number of β-amino-alcohol motifs (C(OH)–C–C–N with tert-alkyl or cyclic N) is 1. The number of aliphatic hydroxyl groups is 1. The molecule has 1 saturated heterocycles. The average Bonchev–Trinajstić information content (AvgIpc) is 2.35. The van der Waals surface area contributed by atoms with Crippen LogP contribution in [0.4, 0.5) is 5.69 Å². The minimum absolute atomic E-state index is 0.271. The summed E-state index contributed by atoms with van der Waals surface area (Å²) >= 11 is 1.99. The van der Waals surface area contributed by atoms with E-state index in [-0.39, 0.29) is 4.75 Å². The molecule has 112 valence electrons. The molecule has 1 aromatic rings. The summed E-state index contributed by atoms with van der Waals surface area (Å²) in [4.78, 5) is 2.31. The number of ether oxygens (including phenoxy) is 1. The van der Waals surface area contributed by atoms with Gasteiger partial charge in [-0.25, -0.2) is 0 Å². The van der Waals surface area contributed by atoms with E-state index in [2.05, 4.69) is 18.7 Å². The van der Waals surface area contributed by atoms with Crippen molar-refractivity contribution in [2.45, 2.75) is 24.7 Å². The number of aliphatic hydroxyl groups excluding tert-OH is 1. The van der Waals surface area contributed by atoms with Gasteiger partial charge in [-0.2, -0.15) is 11.8 Å². The van der Waals surface area contributed by atoms with Crippen molar-refractivity contribution in [3.63, 3.8) is 0 Å². The number of nitrogens with two attached hydrogens (primary N) is 1. The van der Waals surface area contributed by atoms with E-state index in [1.165, 1.54) is 0 Å². The van der Waals surface area contributed by atoms with Gasteiger partial charge in [0.15, 0.2) is 0 Å². The van der Waals surface area contributed by atoms with Crippen LogP contribution in [-0.2, 0) is 0 Å². The van der Waals surface area contributed by atoms with Gasteiger partial charge < -0.3 is 15.6 Å². The van der Waals surface area contributed by atoms with Gasteiger partial charge in [0.05, 0.1) is 0 Å². The Labute approximate surface area is 125 Å². The van der Waals surface area contributed by atoms with Gasteiger partial charge in [0.2, 0.25) is 0 Å². The van der Waals surface area contributed by atoms with Crippen molar-refractivity contribution in [3.8, 4) is 5.75 Å². The number of hydrogen-bond acceptors (Lipinski definition) is 5. The lowest BCUT2D eigenvalue weighted by molar-refractivity contribution is 0.0667. The van der Waals surface area contributed by atoms with Gasteiger partial charge in [0.25, 0.3) is 0 Å². The first-order valence-electron chi connectivity index (χ1n) is 6.97. The topological polar surface area (TPSA) is 58.7 Å². The number of anilines is 1. The van der Waals surface area contributed by atoms with Crippen molar-refractivity contribution in [1.82, 2.24) is 4.90 Å². The van der Waals surface area contributed by atoms with Crippen LogP contribution in [0.5, 0.6) is 5.75 Å². The number of nitrogens with zero attached hydrogens (tertiary/aromatic N) is 1. The molecule has 1 atom stereocenters. The predicted octanol–water partition coefficient (Wildman–Crippen LogP) is 1.84. The van der Waals surface area contributed by atoms with Gasteiger partial charge in [-0.05, 0) is 26.0 Å². The zero-order chi connectivity index (χ0) is 14.6. The van der Waals surface area contributed by atoms with Gasteiger partial charge in [0, 0.05) is 41.9 Å². The Hall–Kier alpha value is -0.910. The molecule has 4 nitrogen and oxygen atoms in total. The maximum atomic E-state index is 10.1. The Balaban J connectivity index is 1.76. The van der Waals surface area contributed by atoms with E-state index in [9.17, 15) is 5.11 Å². The first-order chi connectivity index (χ1) is 9.44. The highest BCUT2D eigenvalue weighted by Crippen LogP contribution is 2.29. The third kappa shape index (κ3) is 4.89. The van der Waals surface area contributed by atoms with E-state index in [1.54, 1.807) is 6.07 Å². The predicted molar refractivity (Wildman–Crippen MR) is 85.3 cm³/mol. The summed E-state index contributed by atoms with van der Waals surface area (Å²) in [5.41, 5.74) is 6.36. The summed E-state index contributed by atoms with van der Waals surface area (Å²) in [6.07, 6.45) is -0.477. The standard InChI is InChI=1S/C15H24N2O2S/c1-15(2)11-17(6-7-20-15)9-13(18)10-19-14-5-3-4-12(16)8-14/h3-5,8,13,18H,6-7,9-11,16H2,1-2H3. The Kier molecular flexibility index (Phi) is 5.18. The smallest absolute Gasteiger partial charge is 0.121 e. The Morgan fingerprint density at radius 1 is 1.50 bits per heavy atom. The lowest BCUT2D eigenvalue weighted by Gasteiger charge is -2.38. The van der Waals surface area contributed by atoms with Crippen molar-refractivity contribution < 1.29 is 9.84 Å². The van der Waals surface area contributed by atoms with Gasteiger partial charge >= 0.3 is 0 Å². The van der Waals surface area contributed by atoms with E-state index >= 15 is 0 Å². The van der Waals surface area contributed by atoms with Crippen LogP contribution >= 0.6 is 11.8 Å². The van der Waals surface area contributed by atoms with Crippen LogP contribution in [0.25, 0.3) is 0 Å². The van der Waals surface area contributed by atoms with Crippen LogP contribution in [0, 0.1) is 0 Å². The average molecular weight is 296 g/mol. The summed E-state index contributed by atoms with van der Waals surface area (Å²) in [5.74, 6) is 1.83. The molecular weight excluding hydrogens is 272 g/mol. The maximum Gasteiger partial charge on any atom is 0.121 e. The van der Waals surface area contributed by atoms with Crippen LogP contribution in [0.3, 0.4) is 0 Å². The van der Waals surface area contributed by atoms with Crippen LogP contribution in [-0.4, -0.2) is 52.9 Å². The van der Waals surface area contributed by atoms with Crippen molar-refractivity contribution in [1.29, 1.82) is 0 Å². The first kappa shape index (κ1) is 15.5. The monoisotopic (exact) mass is 296 g/mol. The third-order valence-electron chi connectivity index (χ3n) is 3.27. The molecule has 0 radical (unpaired) electrons. The molecule has 2 rings (SSSR count). The van der Waals surface area contributed by atoms with Gasteiger partial charge in [-0.15, -0.1) is 0 Å². The molecule has 1 heterocycles. The summed E-state index contributed by atoms with van der Waals surface area (Å²) < 4.78 is 5.85. The minimum atomic E-state index is -0.477. The number of thioether (sulfide) groups is 1. The summed E-state index contributed by atoms with van der Waals surface area (Å²) in [6, 6.07) is 7.29. The van der Waals surface area contributed by atoms with Gasteiger partial charge in [-0.3, -0.25) is 4.90 Å². The lowest BCUT2D eigenvalue weighted by atomic mass is 10.1. The molecule has 0 aromatic heterocycles. The lowest BCUT2D eigenvalue weighted by Crippen LogP contribution is -2.47. The van der Waals surface area contributed by atoms with Gasteiger partial charge in [-0.1, -0.05) is 6.07 Å². The maximum absolute atomic E-state index is 10.1. The summed E-state index contributed by atoms with van der Waals surface area (Å²) in [5, 5.41) is 10.1. The quantitative estimate of drug-likeness (QED) is 0.812. The van der Waals surface area contributed by atoms with Crippen molar-refractivity contribution >= 4 is 17.4 Å². The van der Waals surface area contributed by atoms with Crippen molar-refractivity contribution in [2.24, 2.45) is 0 Å². The molecular formula is C15H24N2O2S. The highest BCUT2D eigenvalue weighted by molar-refractivity contribution is 8.00. The van der Waals surface area contributed by atoms with E-state index in [1.807, 2.05) is 30.0 Å². The SMILES string of the molecule is CC1(C)CN(CC(O)COc2cccc(N)c2)CCS1. The second-order valence-electron chi connectivity index (χ2n) is 5.88. The zero-order valence-electron chi connectivity index (χ0n) is 12.2. The molecule has 1 aliphatic heterocycles. The van der Waals surface area contributed by atoms with E-state index < -0.39 is 6.10 Å². The molecule has 0 aliphatic carbocycles. The Morgan fingerprint density at radius 3 is 3.00 bits per heavy atom. The molecule has 0 amide bonds. The molecule has 0 spiro atoms. The zero-order valence-corrected chi connectivity index (χ0v) is 13.0. The summed E-state index contributed by atoms with van der Waals surface area (Å²) in [7, 11) is 0. The summed E-state index contributed by atoms with van der Waals surface area (Å²) in [6.45, 7) is 7.50.